The van der Waals surface area contributed by atoms with Gasteiger partial charge in [-0.1, -0.05) is 30.3 Å². The number of fused-ring (bicyclic) bond motifs is 1. The Labute approximate surface area is 198 Å². The highest BCUT2D eigenvalue weighted by Gasteiger charge is 2.27. The average molecular weight is 471 g/mol. The summed E-state index contributed by atoms with van der Waals surface area (Å²) in [6.07, 6.45) is 0. The molecule has 0 aliphatic carbocycles. The van der Waals surface area contributed by atoms with E-state index in [4.69, 9.17) is 18.9 Å². The average Bonchev–Trinajstić information content (AvgIpc) is 3.07. The highest BCUT2D eigenvalue weighted by Crippen LogP contribution is 2.40. The Hall–Kier alpha value is -3.06. The Morgan fingerprint density at radius 3 is 2.15 bits per heavy atom. The van der Waals surface area contributed by atoms with Crippen LogP contribution in [0.2, 0.25) is 0 Å². The van der Waals surface area contributed by atoms with Crippen molar-refractivity contribution in [3.05, 3.63) is 59.0 Å². The van der Waals surface area contributed by atoms with Crippen molar-refractivity contribution in [2.24, 2.45) is 0 Å². The van der Waals surface area contributed by atoms with Gasteiger partial charge in [-0.15, -0.1) is 11.3 Å². The molecule has 0 radical (unpaired) electrons. The fraction of sp³-hybridized carbons (Fsp3) is 0.385. The molecule has 7 heteroatoms. The second-order valence-corrected chi connectivity index (χ2v) is 10.6. The van der Waals surface area contributed by atoms with Crippen LogP contribution in [0.3, 0.4) is 0 Å². The SMILES string of the molecule is CC(C)(C)OC(=O)COc1c(C(=O)OC(C)(C)C)sc2cc(OCc3ccccc3)ccc12. The summed E-state index contributed by atoms with van der Waals surface area (Å²) in [4.78, 5) is 25.4. The Morgan fingerprint density at radius 2 is 1.52 bits per heavy atom. The number of hydrogen-bond donors (Lipinski definition) is 0. The number of ether oxygens (including phenoxy) is 4. The van der Waals surface area contributed by atoms with E-state index in [1.165, 1.54) is 11.3 Å². The van der Waals surface area contributed by atoms with Gasteiger partial charge in [0.2, 0.25) is 0 Å². The minimum Gasteiger partial charge on any atom is -0.489 e. The maximum absolute atomic E-state index is 12.9. The van der Waals surface area contributed by atoms with E-state index in [0.717, 1.165) is 10.3 Å². The molecule has 0 spiro atoms. The topological polar surface area (TPSA) is 71.1 Å². The summed E-state index contributed by atoms with van der Waals surface area (Å²) in [5.74, 6) is -0.0406. The summed E-state index contributed by atoms with van der Waals surface area (Å²) in [5.41, 5.74) is -0.241. The van der Waals surface area contributed by atoms with Crippen LogP contribution in [0.1, 0.15) is 56.8 Å². The van der Waals surface area contributed by atoms with Crippen molar-refractivity contribution in [1.29, 1.82) is 0 Å². The van der Waals surface area contributed by atoms with Crippen LogP contribution in [0, 0.1) is 0 Å². The van der Waals surface area contributed by atoms with Crippen LogP contribution in [0.4, 0.5) is 0 Å². The first kappa shape index (κ1) is 24.6. The van der Waals surface area contributed by atoms with Crippen LogP contribution >= 0.6 is 11.3 Å². The number of hydrogen-bond acceptors (Lipinski definition) is 7. The second-order valence-electron chi connectivity index (χ2n) is 9.57. The maximum atomic E-state index is 12.9. The molecule has 1 heterocycles. The summed E-state index contributed by atoms with van der Waals surface area (Å²) in [6, 6.07) is 15.4. The van der Waals surface area contributed by atoms with E-state index >= 15 is 0 Å². The van der Waals surface area contributed by atoms with E-state index in [9.17, 15) is 9.59 Å². The molecule has 0 bridgehead atoms. The van der Waals surface area contributed by atoms with Gasteiger partial charge in [0.25, 0.3) is 0 Å². The van der Waals surface area contributed by atoms with Crippen LogP contribution in [0.5, 0.6) is 11.5 Å². The number of carbonyl (C=O) groups is 2. The predicted octanol–water partition coefficient (Wildman–Crippen LogP) is 6.16. The summed E-state index contributed by atoms with van der Waals surface area (Å²) < 4.78 is 23.4. The van der Waals surface area contributed by atoms with Crippen LogP contribution in [-0.4, -0.2) is 29.7 Å². The Balaban J connectivity index is 1.87. The van der Waals surface area contributed by atoms with Crippen LogP contribution in [0.25, 0.3) is 10.1 Å². The largest absolute Gasteiger partial charge is 0.489 e. The van der Waals surface area contributed by atoms with Gasteiger partial charge < -0.3 is 18.9 Å². The van der Waals surface area contributed by atoms with E-state index in [0.29, 0.717) is 28.4 Å². The fourth-order valence-corrected chi connectivity index (χ4v) is 4.04. The number of benzene rings is 2. The maximum Gasteiger partial charge on any atom is 0.352 e. The number of rotatable bonds is 7. The standard InChI is InChI=1S/C26H30O6S/c1-25(2,3)31-21(27)16-30-22-19-13-12-18(29-15-17-10-8-7-9-11-17)14-20(19)33-23(22)24(28)32-26(4,5)6/h7-14H,15-16H2,1-6H3. The monoisotopic (exact) mass is 470 g/mol. The molecule has 1 aromatic heterocycles. The van der Waals surface area contributed by atoms with Crippen molar-refractivity contribution in [3.63, 3.8) is 0 Å². The summed E-state index contributed by atoms with van der Waals surface area (Å²) in [5, 5.41) is 0.705. The van der Waals surface area contributed by atoms with Gasteiger partial charge in [0.1, 0.15) is 23.6 Å². The van der Waals surface area contributed by atoms with Gasteiger partial charge in [-0.25, -0.2) is 9.59 Å². The fourth-order valence-electron chi connectivity index (χ4n) is 2.99. The lowest BCUT2D eigenvalue weighted by Crippen LogP contribution is -2.27. The molecule has 0 saturated carbocycles. The van der Waals surface area contributed by atoms with Gasteiger partial charge >= 0.3 is 11.9 Å². The van der Waals surface area contributed by atoms with Crippen molar-refractivity contribution >= 4 is 33.4 Å². The third-order valence-corrected chi connectivity index (χ3v) is 5.32. The first-order valence-electron chi connectivity index (χ1n) is 10.7. The van der Waals surface area contributed by atoms with Gasteiger partial charge in [-0.2, -0.15) is 0 Å². The molecular formula is C26H30O6S. The third kappa shape index (κ3) is 7.22. The van der Waals surface area contributed by atoms with Crippen molar-refractivity contribution in [2.75, 3.05) is 6.61 Å². The molecule has 3 aromatic rings. The van der Waals surface area contributed by atoms with E-state index in [-0.39, 0.29) is 6.61 Å². The Kier molecular flexibility index (Phi) is 7.32. The normalized spacial score (nSPS) is 11.8. The molecule has 0 aliphatic heterocycles. The van der Waals surface area contributed by atoms with Gasteiger partial charge in [0.05, 0.1) is 0 Å². The van der Waals surface area contributed by atoms with Crippen molar-refractivity contribution in [1.82, 2.24) is 0 Å². The van der Waals surface area contributed by atoms with Gasteiger partial charge in [-0.05, 0) is 65.3 Å². The van der Waals surface area contributed by atoms with E-state index < -0.39 is 23.1 Å². The molecular weight excluding hydrogens is 440 g/mol. The summed E-state index contributed by atoms with van der Waals surface area (Å²) >= 11 is 1.24. The zero-order chi connectivity index (χ0) is 24.2. The first-order chi connectivity index (χ1) is 15.4. The van der Waals surface area contributed by atoms with E-state index in [1.54, 1.807) is 41.5 Å². The number of esters is 2. The van der Waals surface area contributed by atoms with Crippen molar-refractivity contribution < 1.29 is 28.5 Å². The highest BCUT2D eigenvalue weighted by atomic mass is 32.1. The minimum absolute atomic E-state index is 0.295. The van der Waals surface area contributed by atoms with Gasteiger partial charge in [0.15, 0.2) is 17.2 Å². The molecule has 2 aromatic carbocycles. The van der Waals surface area contributed by atoms with Crippen LogP contribution < -0.4 is 9.47 Å². The van der Waals surface area contributed by atoms with Crippen molar-refractivity contribution in [3.8, 4) is 11.5 Å². The predicted molar refractivity (Wildman–Crippen MR) is 129 cm³/mol. The minimum atomic E-state index is -0.667. The quantitative estimate of drug-likeness (QED) is 0.385. The molecule has 0 saturated heterocycles. The van der Waals surface area contributed by atoms with E-state index in [2.05, 4.69) is 0 Å². The lowest BCUT2D eigenvalue weighted by Gasteiger charge is -2.20. The lowest BCUT2D eigenvalue weighted by atomic mass is 10.2. The molecule has 0 aliphatic rings. The zero-order valence-electron chi connectivity index (χ0n) is 19.9. The van der Waals surface area contributed by atoms with Gasteiger partial charge in [0, 0.05) is 10.1 Å². The number of thiophene rings is 1. The molecule has 6 nitrogen and oxygen atoms in total. The third-order valence-electron chi connectivity index (χ3n) is 4.20. The molecule has 3 rings (SSSR count). The molecule has 0 unspecified atom stereocenters. The molecule has 33 heavy (non-hydrogen) atoms. The van der Waals surface area contributed by atoms with Crippen LogP contribution in [0.15, 0.2) is 48.5 Å². The molecule has 176 valence electrons. The Morgan fingerprint density at radius 1 is 0.848 bits per heavy atom. The Bertz CT molecular complexity index is 1120. The van der Waals surface area contributed by atoms with Crippen molar-refractivity contribution in [2.45, 2.75) is 59.4 Å². The van der Waals surface area contributed by atoms with Gasteiger partial charge in [-0.3, -0.25) is 0 Å². The number of carbonyl (C=O) groups excluding carboxylic acids is 2. The summed E-state index contributed by atoms with van der Waals surface area (Å²) in [7, 11) is 0. The zero-order valence-corrected chi connectivity index (χ0v) is 20.7. The summed E-state index contributed by atoms with van der Waals surface area (Å²) in [6.45, 7) is 10.9. The molecule has 0 atom stereocenters. The lowest BCUT2D eigenvalue weighted by molar-refractivity contribution is -0.157. The van der Waals surface area contributed by atoms with E-state index in [1.807, 2.05) is 48.5 Å². The molecule has 0 amide bonds. The second kappa shape index (κ2) is 9.83. The molecule has 0 N–H and O–H groups in total. The highest BCUT2D eigenvalue weighted by molar-refractivity contribution is 7.21. The first-order valence-corrected chi connectivity index (χ1v) is 11.5. The van der Waals surface area contributed by atoms with Crippen LogP contribution in [-0.2, 0) is 20.9 Å². The molecule has 0 fully saturated rings. The smallest absolute Gasteiger partial charge is 0.352 e.